The first-order valence-corrected chi connectivity index (χ1v) is 19.3. The number of aliphatic hydroxyl groups is 2. The van der Waals surface area contributed by atoms with E-state index in [-0.39, 0.29) is 34.2 Å². The van der Waals surface area contributed by atoms with Gasteiger partial charge in [0.1, 0.15) is 12.2 Å². The van der Waals surface area contributed by atoms with Crippen LogP contribution in [0.4, 0.5) is 11.9 Å². The van der Waals surface area contributed by atoms with Crippen molar-refractivity contribution in [3.8, 4) is 0 Å². The highest BCUT2D eigenvalue weighted by Gasteiger charge is 2.38. The van der Waals surface area contributed by atoms with Crippen LogP contribution in [0.1, 0.15) is 26.3 Å². The molecule has 1 saturated heterocycles. The van der Waals surface area contributed by atoms with E-state index in [9.17, 15) is 28.9 Å². The quantitative estimate of drug-likeness (QED) is 0.0873. The van der Waals surface area contributed by atoms with E-state index in [1.54, 1.807) is 0 Å². The van der Waals surface area contributed by atoms with Crippen molar-refractivity contribution in [3.63, 3.8) is 0 Å². The van der Waals surface area contributed by atoms with Gasteiger partial charge in [-0.15, -0.1) is 0 Å². The van der Waals surface area contributed by atoms with Gasteiger partial charge in [0.25, 0.3) is 11.1 Å². The number of ether oxygens (including phenoxy) is 2. The molecule has 8 N–H and O–H groups in total. The summed E-state index contributed by atoms with van der Waals surface area (Å²) >= 11 is 8.13. The molecule has 0 radical (unpaired) electrons. The number of anilines is 2. The number of aromatic amines is 2. The van der Waals surface area contributed by atoms with E-state index in [4.69, 9.17) is 39.0 Å². The number of nitrogens with two attached hydrogens (primary N) is 2. The lowest BCUT2D eigenvalue weighted by Crippen LogP contribution is -2.38. The van der Waals surface area contributed by atoms with Crippen molar-refractivity contribution in [3.05, 3.63) is 33.4 Å². The van der Waals surface area contributed by atoms with E-state index in [0.29, 0.717) is 0 Å². The number of nitrogens with one attached hydrogen (secondary N) is 2. The largest absolute Gasteiger partial charge is 0.392 e. The first-order valence-electron chi connectivity index (χ1n) is 13.9. The lowest BCUT2D eigenvalue weighted by Gasteiger charge is -2.34. The van der Waals surface area contributed by atoms with Crippen LogP contribution >= 0.6 is 38.1 Å². The Balaban J connectivity index is 1.38. The second-order valence-electron chi connectivity index (χ2n) is 10.3. The van der Waals surface area contributed by atoms with Gasteiger partial charge < -0.3 is 31.2 Å². The zero-order valence-electron chi connectivity index (χ0n) is 25.1. The monoisotopic (exact) mass is 754 g/mol. The zero-order valence-corrected chi connectivity index (χ0v) is 28.6. The van der Waals surface area contributed by atoms with Gasteiger partial charge in [-0.1, -0.05) is 24.5 Å². The Hall–Kier alpha value is -2.86. The third kappa shape index (κ3) is 8.12. The molecule has 48 heavy (non-hydrogen) atoms. The van der Waals surface area contributed by atoms with E-state index in [1.807, 2.05) is 0 Å². The van der Waals surface area contributed by atoms with Crippen LogP contribution in [0.15, 0.2) is 22.2 Å². The number of imidazole rings is 2. The van der Waals surface area contributed by atoms with Gasteiger partial charge in [-0.3, -0.25) is 46.8 Å². The number of hydrogen-bond acceptors (Lipinski definition) is 18. The van der Waals surface area contributed by atoms with Crippen molar-refractivity contribution in [2.75, 3.05) is 37.9 Å². The summed E-state index contributed by atoms with van der Waals surface area (Å²) in [6.45, 7) is -8.12. The molecule has 1 aliphatic rings. The van der Waals surface area contributed by atoms with Gasteiger partial charge in [0.05, 0.1) is 51.3 Å². The Kier molecular flexibility index (Phi) is 11.0. The van der Waals surface area contributed by atoms with E-state index < -0.39 is 88.0 Å². The summed E-state index contributed by atoms with van der Waals surface area (Å²) < 4.78 is 63.4. The molecule has 22 nitrogen and oxygen atoms in total. The highest BCUT2D eigenvalue weighted by Crippen LogP contribution is 2.57. The van der Waals surface area contributed by atoms with Crippen molar-refractivity contribution in [1.29, 1.82) is 0 Å². The summed E-state index contributed by atoms with van der Waals surface area (Å²) in [5, 5.41) is 20.4. The highest BCUT2D eigenvalue weighted by atomic mass is 32.7. The van der Waals surface area contributed by atoms with Crippen LogP contribution < -0.4 is 22.6 Å². The Morgan fingerprint density at radius 1 is 0.854 bits per heavy atom. The van der Waals surface area contributed by atoms with E-state index in [1.165, 1.54) is 35.6 Å². The topological polar surface area (TPSA) is 309 Å². The molecule has 26 heteroatoms. The number of nitrogen functional groups attached to an aromatic ring is 2. The summed E-state index contributed by atoms with van der Waals surface area (Å²) in [6.07, 6.45) is -5.03. The van der Waals surface area contributed by atoms with Crippen molar-refractivity contribution in [1.82, 2.24) is 39.0 Å². The van der Waals surface area contributed by atoms with Crippen molar-refractivity contribution < 1.29 is 46.9 Å². The molecule has 0 aromatic carbocycles. The third-order valence-corrected chi connectivity index (χ3v) is 10.4. The molecule has 0 amide bonds. The first-order chi connectivity index (χ1) is 22.6. The molecule has 0 aliphatic carbocycles. The molecule has 4 aromatic heterocycles. The molecule has 3 unspecified atom stereocenters. The van der Waals surface area contributed by atoms with Crippen LogP contribution in [-0.2, 0) is 36.7 Å². The molecule has 1 fully saturated rings. The molecule has 0 spiro atoms. The third-order valence-electron chi connectivity index (χ3n) is 6.95. The number of aromatic nitrogens is 8. The van der Waals surface area contributed by atoms with Crippen molar-refractivity contribution >= 4 is 72.3 Å². The van der Waals surface area contributed by atoms with Gasteiger partial charge >= 0.3 is 13.6 Å². The van der Waals surface area contributed by atoms with Crippen LogP contribution in [-0.4, -0.2) is 100 Å². The standard InChI is InChI=1S/C22H32N10O12P2S2/c1-9-11(41-13(3-33)31-7-25-15-17(31)27-21(23)29-19(15)35)5-39-46(38,48)44-10(2)12(6-40-45(37,47)43-9)42-14(4-34)32-8-26-16-18(32)28-22(24)30-20(16)36/h7-14,33-34H,3-6H2,1-2H3,(H,37,47)(H,38,48)(H3,23,27,29,35)(H3,24,28,30,36)/t9-,10-,11-,12?,13?,14?,45+,46-/m1/s1. The van der Waals surface area contributed by atoms with Gasteiger partial charge in [-0.05, 0) is 13.8 Å². The summed E-state index contributed by atoms with van der Waals surface area (Å²) in [4.78, 5) is 45.2. The minimum absolute atomic E-state index is 0.0138. The molecule has 1 aliphatic heterocycles. The minimum atomic E-state index is -4.23. The Bertz CT molecular complexity index is 1850. The normalized spacial score (nSPS) is 29.0. The lowest BCUT2D eigenvalue weighted by molar-refractivity contribution is -0.138. The summed E-state index contributed by atoms with van der Waals surface area (Å²) in [6, 6.07) is 0. The second kappa shape index (κ2) is 14.5. The van der Waals surface area contributed by atoms with E-state index in [2.05, 4.69) is 54.4 Å². The summed E-state index contributed by atoms with van der Waals surface area (Å²) in [5.41, 5.74) is 9.88. The summed E-state index contributed by atoms with van der Waals surface area (Å²) in [7, 11) is 0. The van der Waals surface area contributed by atoms with Gasteiger partial charge in [0, 0.05) is 0 Å². The number of H-pyrrole nitrogens is 2. The Morgan fingerprint density at radius 2 is 1.23 bits per heavy atom. The molecular formula is C22H32N10O12P2S2. The number of aliphatic hydroxyl groups excluding tert-OH is 2. The number of hydrogen-bond donors (Lipinski definition) is 8. The van der Waals surface area contributed by atoms with Crippen LogP contribution in [0.2, 0.25) is 0 Å². The fourth-order valence-corrected chi connectivity index (χ4v) is 7.82. The SMILES string of the molecule is C[C@H]1O[P@](=O)(S)OC[C@@H](OC(CO)n2cnc3c(=O)[nH]c(N)nc32)[C@@H](C)O[P@@](=O)(S)OCC1OC(CO)n1cnc2c(=O)[nH]c(N)nc21. The average Bonchev–Trinajstić information content (AvgIpc) is 3.61. The van der Waals surface area contributed by atoms with Gasteiger partial charge in [0.2, 0.25) is 11.9 Å². The Morgan fingerprint density at radius 3 is 1.58 bits per heavy atom. The van der Waals surface area contributed by atoms with Gasteiger partial charge in [0.15, 0.2) is 34.8 Å². The average molecular weight is 755 g/mol. The molecule has 5 heterocycles. The molecule has 4 aromatic rings. The predicted octanol–water partition coefficient (Wildman–Crippen LogP) is 0.102. The van der Waals surface area contributed by atoms with E-state index >= 15 is 0 Å². The van der Waals surface area contributed by atoms with Crippen LogP contribution in [0.3, 0.4) is 0 Å². The van der Waals surface area contributed by atoms with Crippen LogP contribution in [0, 0.1) is 0 Å². The fourth-order valence-electron chi connectivity index (χ4n) is 4.63. The minimum Gasteiger partial charge on any atom is -0.392 e. The number of rotatable bonds is 8. The lowest BCUT2D eigenvalue weighted by atomic mass is 10.2. The molecule has 5 rings (SSSR count). The fraction of sp³-hybridized carbons (Fsp3) is 0.545. The maximum absolute atomic E-state index is 13.4. The number of thiol groups is 2. The zero-order chi connectivity index (χ0) is 35.0. The molecule has 0 saturated carbocycles. The number of fused-ring (bicyclic) bond motifs is 2. The maximum atomic E-state index is 13.4. The first kappa shape index (κ1) is 36.4. The highest BCUT2D eigenvalue weighted by molar-refractivity contribution is 8.44. The summed E-state index contributed by atoms with van der Waals surface area (Å²) in [5.74, 6) is -0.426. The molecular weight excluding hydrogens is 722 g/mol. The Labute approximate surface area is 279 Å². The molecule has 8 atom stereocenters. The smallest absolute Gasteiger partial charge is 0.386 e. The van der Waals surface area contributed by atoms with Crippen molar-refractivity contribution in [2.45, 2.75) is 50.7 Å². The van der Waals surface area contributed by atoms with Crippen molar-refractivity contribution in [2.24, 2.45) is 0 Å². The maximum Gasteiger partial charge on any atom is 0.386 e. The predicted molar refractivity (Wildman–Crippen MR) is 173 cm³/mol. The number of nitrogens with zero attached hydrogens (tertiary/aromatic N) is 6. The van der Waals surface area contributed by atoms with Crippen LogP contribution in [0.25, 0.3) is 22.3 Å². The molecule has 0 bridgehead atoms. The van der Waals surface area contributed by atoms with Gasteiger partial charge in [-0.25, -0.2) is 19.1 Å². The van der Waals surface area contributed by atoms with Crippen LogP contribution in [0.5, 0.6) is 0 Å². The van der Waals surface area contributed by atoms with Gasteiger partial charge in [-0.2, -0.15) is 9.97 Å². The van der Waals surface area contributed by atoms with E-state index in [0.717, 1.165) is 0 Å². The molecule has 264 valence electrons. The second-order valence-corrected chi connectivity index (χ2v) is 16.1.